The van der Waals surface area contributed by atoms with Gasteiger partial charge in [0.2, 0.25) is 0 Å². The molecule has 1 saturated heterocycles. The zero-order chi connectivity index (χ0) is 20.9. The van der Waals surface area contributed by atoms with Crippen molar-refractivity contribution >= 4 is 14.4 Å². The van der Waals surface area contributed by atoms with Gasteiger partial charge in [-0.2, -0.15) is 5.26 Å². The third kappa shape index (κ3) is 7.65. The molecule has 0 N–H and O–H groups in total. The van der Waals surface area contributed by atoms with Crippen LogP contribution in [0.2, 0.25) is 18.1 Å². The molecule has 1 amide bonds. The maximum Gasteiger partial charge on any atom is 0.410 e. The van der Waals surface area contributed by atoms with E-state index in [1.165, 1.54) is 6.08 Å². The van der Waals surface area contributed by atoms with Crippen LogP contribution in [0.5, 0.6) is 0 Å². The Balaban J connectivity index is 2.84. The third-order valence-electron chi connectivity index (χ3n) is 5.23. The molecule has 0 aromatic heterocycles. The first-order valence-electron chi connectivity index (χ1n) is 9.67. The summed E-state index contributed by atoms with van der Waals surface area (Å²) < 4.78 is 12.0. The van der Waals surface area contributed by atoms with Crippen LogP contribution in [0.3, 0.4) is 0 Å². The summed E-state index contributed by atoms with van der Waals surface area (Å²) in [5.74, 6) is 0. The highest BCUT2D eigenvalue weighted by atomic mass is 28.4. The van der Waals surface area contributed by atoms with Gasteiger partial charge >= 0.3 is 6.09 Å². The fraction of sp³-hybridized carbons (Fsp3) is 0.800. The highest BCUT2D eigenvalue weighted by molar-refractivity contribution is 6.74. The van der Waals surface area contributed by atoms with Crippen molar-refractivity contribution in [2.24, 2.45) is 0 Å². The first kappa shape index (κ1) is 23.7. The van der Waals surface area contributed by atoms with E-state index in [4.69, 9.17) is 14.4 Å². The van der Waals surface area contributed by atoms with Crippen molar-refractivity contribution in [2.75, 3.05) is 32.8 Å². The van der Waals surface area contributed by atoms with Crippen molar-refractivity contribution in [2.45, 2.75) is 71.3 Å². The van der Waals surface area contributed by atoms with E-state index in [-0.39, 0.29) is 17.2 Å². The number of piperazine rings is 1. The molecular formula is C20H37N3O3Si. The average molecular weight is 396 g/mol. The number of hydrogen-bond donors (Lipinski definition) is 0. The summed E-state index contributed by atoms with van der Waals surface area (Å²) in [5.41, 5.74) is -0.503. The van der Waals surface area contributed by atoms with Gasteiger partial charge in [-0.1, -0.05) is 26.8 Å². The highest BCUT2D eigenvalue weighted by Gasteiger charge is 2.39. The van der Waals surface area contributed by atoms with Crippen LogP contribution in [0.15, 0.2) is 12.2 Å². The van der Waals surface area contributed by atoms with Crippen LogP contribution >= 0.6 is 0 Å². The molecule has 0 aliphatic carbocycles. The van der Waals surface area contributed by atoms with Crippen molar-refractivity contribution in [3.05, 3.63) is 12.2 Å². The first-order chi connectivity index (χ1) is 12.3. The summed E-state index contributed by atoms with van der Waals surface area (Å²) in [4.78, 5) is 16.5. The molecule has 6 nitrogen and oxygen atoms in total. The number of carbonyl (C=O) groups excluding carboxylic acids is 1. The van der Waals surface area contributed by atoms with E-state index in [0.29, 0.717) is 26.2 Å². The van der Waals surface area contributed by atoms with Gasteiger partial charge in [-0.15, -0.1) is 0 Å². The lowest BCUT2D eigenvalue weighted by Gasteiger charge is -2.43. The maximum absolute atomic E-state index is 12.5. The van der Waals surface area contributed by atoms with E-state index in [2.05, 4.69) is 38.8 Å². The first-order valence-corrected chi connectivity index (χ1v) is 12.6. The largest absolute Gasteiger partial charge is 0.444 e. The number of allylic oxidation sites excluding steroid dienone is 1. The SMILES string of the molecule is CC(C)(C)OC(=O)N1CCN(C/C=C/C#N)C(CO[Si](C)(C)C(C)(C)C)C1. The molecule has 1 rings (SSSR count). The van der Waals surface area contributed by atoms with Crippen molar-refractivity contribution in [3.8, 4) is 6.07 Å². The van der Waals surface area contributed by atoms with Crippen LogP contribution in [0, 0.1) is 11.3 Å². The molecule has 1 unspecified atom stereocenters. The van der Waals surface area contributed by atoms with E-state index in [1.54, 1.807) is 4.90 Å². The van der Waals surface area contributed by atoms with Crippen molar-refractivity contribution < 1.29 is 14.0 Å². The predicted molar refractivity (Wildman–Crippen MR) is 111 cm³/mol. The topological polar surface area (TPSA) is 65.8 Å². The Morgan fingerprint density at radius 2 is 1.85 bits per heavy atom. The van der Waals surface area contributed by atoms with Crippen LogP contribution in [0.25, 0.3) is 0 Å². The third-order valence-corrected chi connectivity index (χ3v) is 9.73. The molecule has 0 radical (unpaired) electrons. The molecule has 7 heteroatoms. The van der Waals surface area contributed by atoms with E-state index in [1.807, 2.05) is 32.9 Å². The number of hydrogen-bond acceptors (Lipinski definition) is 5. The minimum atomic E-state index is -1.88. The second kappa shape index (κ2) is 9.22. The molecule has 27 heavy (non-hydrogen) atoms. The fourth-order valence-electron chi connectivity index (χ4n) is 2.55. The number of rotatable bonds is 5. The molecule has 1 fully saturated rings. The van der Waals surface area contributed by atoms with Gasteiger partial charge in [0.05, 0.1) is 12.7 Å². The summed E-state index contributed by atoms with van der Waals surface area (Å²) >= 11 is 0. The smallest absolute Gasteiger partial charge is 0.410 e. The molecule has 0 saturated carbocycles. The lowest BCUT2D eigenvalue weighted by molar-refractivity contribution is -0.000969. The normalized spacial score (nSPS) is 20.0. The van der Waals surface area contributed by atoms with Crippen molar-refractivity contribution in [1.82, 2.24) is 9.80 Å². The number of nitrogens with zero attached hydrogens (tertiary/aromatic N) is 3. The van der Waals surface area contributed by atoms with E-state index >= 15 is 0 Å². The Labute approximate surface area is 166 Å². The number of amides is 1. The Bertz CT molecular complexity index is 570. The van der Waals surface area contributed by atoms with Gasteiger partial charge < -0.3 is 14.1 Å². The molecule has 1 atom stereocenters. The molecule has 0 spiro atoms. The van der Waals surface area contributed by atoms with Gasteiger partial charge in [-0.05, 0) is 38.9 Å². The zero-order valence-electron chi connectivity index (χ0n) is 18.3. The van der Waals surface area contributed by atoms with Gasteiger partial charge in [0.25, 0.3) is 0 Å². The minimum absolute atomic E-state index is 0.0868. The lowest BCUT2D eigenvalue weighted by Crippen LogP contribution is -2.58. The highest BCUT2D eigenvalue weighted by Crippen LogP contribution is 2.36. The molecule has 0 aromatic carbocycles. The minimum Gasteiger partial charge on any atom is -0.444 e. The molecule has 1 heterocycles. The Kier molecular flexibility index (Phi) is 8.09. The van der Waals surface area contributed by atoms with Gasteiger partial charge in [-0.3, -0.25) is 4.90 Å². The predicted octanol–water partition coefficient (Wildman–Crippen LogP) is 4.01. The Morgan fingerprint density at radius 1 is 1.22 bits per heavy atom. The van der Waals surface area contributed by atoms with Crippen molar-refractivity contribution in [1.29, 1.82) is 5.26 Å². The molecule has 0 bridgehead atoms. The van der Waals surface area contributed by atoms with Gasteiger partial charge in [0.15, 0.2) is 8.32 Å². The molecule has 154 valence electrons. The molecular weight excluding hydrogens is 358 g/mol. The van der Waals surface area contributed by atoms with Crippen LogP contribution < -0.4 is 0 Å². The van der Waals surface area contributed by atoms with E-state index in [9.17, 15) is 4.79 Å². The van der Waals surface area contributed by atoms with E-state index in [0.717, 1.165) is 6.54 Å². The second-order valence-electron chi connectivity index (χ2n) is 9.68. The molecule has 0 aromatic rings. The van der Waals surface area contributed by atoms with Crippen LogP contribution in [0.4, 0.5) is 4.79 Å². The van der Waals surface area contributed by atoms with Crippen LogP contribution in [-0.4, -0.2) is 68.6 Å². The van der Waals surface area contributed by atoms with Gasteiger partial charge in [-0.25, -0.2) is 4.79 Å². The maximum atomic E-state index is 12.5. The van der Waals surface area contributed by atoms with Gasteiger partial charge in [0.1, 0.15) is 5.60 Å². The quantitative estimate of drug-likeness (QED) is 0.520. The van der Waals surface area contributed by atoms with Crippen LogP contribution in [-0.2, 0) is 9.16 Å². The average Bonchev–Trinajstić information content (AvgIpc) is 2.51. The summed E-state index contributed by atoms with van der Waals surface area (Å²) in [6, 6.07) is 2.12. The number of carbonyl (C=O) groups is 1. The zero-order valence-corrected chi connectivity index (χ0v) is 19.3. The van der Waals surface area contributed by atoms with Crippen LogP contribution in [0.1, 0.15) is 41.5 Å². The monoisotopic (exact) mass is 395 g/mol. The molecule has 1 aliphatic rings. The fourth-order valence-corrected chi connectivity index (χ4v) is 3.59. The van der Waals surface area contributed by atoms with Crippen molar-refractivity contribution in [3.63, 3.8) is 0 Å². The Morgan fingerprint density at radius 3 is 2.37 bits per heavy atom. The van der Waals surface area contributed by atoms with Gasteiger partial charge in [0, 0.05) is 38.3 Å². The number of ether oxygens (including phenoxy) is 1. The lowest BCUT2D eigenvalue weighted by atomic mass is 10.1. The summed E-state index contributed by atoms with van der Waals surface area (Å²) in [5, 5.41) is 8.88. The number of nitriles is 1. The summed E-state index contributed by atoms with van der Waals surface area (Å²) in [6.45, 7) is 20.0. The molecule has 1 aliphatic heterocycles. The summed E-state index contributed by atoms with van der Waals surface area (Å²) in [7, 11) is -1.88. The van der Waals surface area contributed by atoms with E-state index < -0.39 is 13.9 Å². The standard InChI is InChI=1S/C20H37N3O3Si/c1-19(2,3)26-18(24)23-14-13-22(12-10-9-11-21)17(15-23)16-25-27(7,8)20(4,5)6/h9-10,17H,12-16H2,1-8H3/b10-9+. The Hall–Kier alpha value is -1.36. The second-order valence-corrected chi connectivity index (χ2v) is 14.5. The summed E-state index contributed by atoms with van der Waals surface area (Å²) in [6.07, 6.45) is 3.10.